The number of para-hydroxylation sites is 2. The topological polar surface area (TPSA) is 94.6 Å². The quantitative estimate of drug-likeness (QED) is 0.151. The number of aromatic amines is 1. The van der Waals surface area contributed by atoms with Crippen molar-refractivity contribution >= 4 is 28.2 Å². The lowest BCUT2D eigenvalue weighted by molar-refractivity contribution is 0.0697. The second kappa shape index (κ2) is 11.5. The fraction of sp³-hybridized carbons (Fsp3) is 0.219. The number of fused-ring (bicyclic) bond motifs is 1. The summed E-state index contributed by atoms with van der Waals surface area (Å²) in [5.41, 5.74) is 4.95. The van der Waals surface area contributed by atoms with Crippen molar-refractivity contribution in [1.29, 1.82) is 0 Å². The third-order valence-electron chi connectivity index (χ3n) is 6.78. The van der Waals surface area contributed by atoms with Crippen LogP contribution in [0.2, 0.25) is 0 Å². The lowest BCUT2D eigenvalue weighted by Gasteiger charge is -2.28. The molecule has 0 amide bonds. The molecule has 0 unspecified atom stereocenters. The van der Waals surface area contributed by atoms with Crippen molar-refractivity contribution in [3.63, 3.8) is 0 Å². The second-order valence-corrected chi connectivity index (χ2v) is 11.3. The molecule has 0 aliphatic rings. The molecule has 0 aliphatic heterocycles. The van der Waals surface area contributed by atoms with Crippen LogP contribution in [0.25, 0.3) is 32.5 Å². The van der Waals surface area contributed by atoms with Crippen LogP contribution in [-0.4, -0.2) is 46.0 Å². The summed E-state index contributed by atoms with van der Waals surface area (Å²) in [5.74, 6) is -0.176. The Balaban J connectivity index is 1.23. The molecule has 0 fully saturated rings. The van der Waals surface area contributed by atoms with Gasteiger partial charge in [-0.05, 0) is 67.1 Å². The van der Waals surface area contributed by atoms with E-state index in [0.29, 0.717) is 6.54 Å². The molecule has 200 valence electrons. The first-order chi connectivity index (χ1) is 18.8. The molecule has 0 spiro atoms. The third kappa shape index (κ3) is 6.23. The highest BCUT2D eigenvalue weighted by Crippen LogP contribution is 2.33. The Kier molecular flexibility index (Phi) is 7.84. The minimum atomic E-state index is -0.941. The highest BCUT2D eigenvalue weighted by Gasteiger charge is 2.22. The first-order valence-corrected chi connectivity index (χ1v) is 13.8. The average molecular weight is 541 g/mol. The Bertz CT molecular complexity index is 1570. The van der Waals surface area contributed by atoms with Crippen LogP contribution in [0.15, 0.2) is 90.4 Å². The summed E-state index contributed by atoms with van der Waals surface area (Å²) >= 11 is 1.66. The standard InChI is InChI=1S/C32H32N2O4S/c1-32(2,34-19-24(35)20-38-28-13-4-3-10-27(28)29-14-7-15-39-29)17-23-18-33-30-25(11-6-12-26(23)30)21-8-5-9-22(16-21)31(36)37/h3-16,18,24,33-35H,17,19-20H2,1-2H3,(H,36,37)/t24-/m0/s1. The predicted molar refractivity (Wildman–Crippen MR) is 158 cm³/mol. The molecule has 0 aliphatic carbocycles. The van der Waals surface area contributed by atoms with Crippen molar-refractivity contribution in [3.05, 3.63) is 102 Å². The van der Waals surface area contributed by atoms with Gasteiger partial charge in [0.15, 0.2) is 0 Å². The highest BCUT2D eigenvalue weighted by molar-refractivity contribution is 7.13. The largest absolute Gasteiger partial charge is 0.490 e. The number of thiophene rings is 1. The Morgan fingerprint density at radius 1 is 1.03 bits per heavy atom. The monoisotopic (exact) mass is 540 g/mol. The van der Waals surface area contributed by atoms with E-state index < -0.39 is 12.1 Å². The number of β-amino-alcohol motifs (C(OH)–C–C–N with tert-alkyl or cyclic N) is 1. The van der Waals surface area contributed by atoms with Gasteiger partial charge in [0.2, 0.25) is 0 Å². The molecule has 0 saturated carbocycles. The summed E-state index contributed by atoms with van der Waals surface area (Å²) in [6, 6.07) is 25.0. The van der Waals surface area contributed by atoms with Crippen LogP contribution in [0.1, 0.15) is 29.8 Å². The Labute approximate surface area is 231 Å². The van der Waals surface area contributed by atoms with E-state index in [1.165, 1.54) is 0 Å². The normalized spacial score (nSPS) is 12.5. The number of carboxylic acid groups (broad SMARTS) is 1. The zero-order valence-corrected chi connectivity index (χ0v) is 22.8. The van der Waals surface area contributed by atoms with Crippen LogP contribution >= 0.6 is 11.3 Å². The van der Waals surface area contributed by atoms with Crippen molar-refractivity contribution in [2.75, 3.05) is 13.2 Å². The molecule has 39 heavy (non-hydrogen) atoms. The fourth-order valence-corrected chi connectivity index (χ4v) is 5.58. The van der Waals surface area contributed by atoms with Crippen molar-refractivity contribution in [1.82, 2.24) is 10.3 Å². The van der Waals surface area contributed by atoms with E-state index >= 15 is 0 Å². The van der Waals surface area contributed by atoms with Gasteiger partial charge in [-0.1, -0.05) is 48.5 Å². The number of aromatic carboxylic acids is 1. The molecule has 7 heteroatoms. The lowest BCUT2D eigenvalue weighted by Crippen LogP contribution is -2.46. The van der Waals surface area contributed by atoms with Gasteiger partial charge in [0.1, 0.15) is 18.5 Å². The molecule has 0 bridgehead atoms. The molecule has 3 aromatic carbocycles. The summed E-state index contributed by atoms with van der Waals surface area (Å²) in [6.07, 6.45) is 2.08. The van der Waals surface area contributed by atoms with Crippen LogP contribution in [-0.2, 0) is 6.42 Å². The van der Waals surface area contributed by atoms with E-state index in [0.717, 1.165) is 50.2 Å². The maximum absolute atomic E-state index is 11.5. The number of carbonyl (C=O) groups is 1. The molecule has 0 saturated heterocycles. The maximum Gasteiger partial charge on any atom is 0.335 e. The molecular formula is C32H32N2O4S. The van der Waals surface area contributed by atoms with Crippen molar-refractivity contribution in [3.8, 4) is 27.3 Å². The molecule has 2 aromatic heterocycles. The number of carboxylic acids is 1. The van der Waals surface area contributed by atoms with Gasteiger partial charge in [0.05, 0.1) is 11.1 Å². The molecule has 4 N–H and O–H groups in total. The fourth-order valence-electron chi connectivity index (χ4n) is 4.82. The molecular weight excluding hydrogens is 508 g/mol. The Morgan fingerprint density at radius 2 is 1.82 bits per heavy atom. The minimum Gasteiger partial charge on any atom is -0.490 e. The van der Waals surface area contributed by atoms with E-state index in [4.69, 9.17) is 4.74 Å². The van der Waals surface area contributed by atoms with Gasteiger partial charge in [-0.3, -0.25) is 0 Å². The van der Waals surface area contributed by atoms with Crippen molar-refractivity contribution in [2.45, 2.75) is 31.9 Å². The van der Waals surface area contributed by atoms with Crippen LogP contribution in [0.4, 0.5) is 0 Å². The van der Waals surface area contributed by atoms with Crippen LogP contribution in [0.3, 0.4) is 0 Å². The number of rotatable bonds is 11. The molecule has 6 nitrogen and oxygen atoms in total. The second-order valence-electron chi connectivity index (χ2n) is 10.3. The zero-order chi connectivity index (χ0) is 27.4. The molecule has 2 heterocycles. The number of benzene rings is 3. The number of H-pyrrole nitrogens is 1. The number of hydrogen-bond donors (Lipinski definition) is 4. The van der Waals surface area contributed by atoms with Crippen LogP contribution in [0.5, 0.6) is 5.75 Å². The highest BCUT2D eigenvalue weighted by atomic mass is 32.1. The summed E-state index contributed by atoms with van der Waals surface area (Å²) in [7, 11) is 0. The number of hydrogen-bond acceptors (Lipinski definition) is 5. The van der Waals surface area contributed by atoms with E-state index in [9.17, 15) is 15.0 Å². The van der Waals surface area contributed by atoms with E-state index in [2.05, 4.69) is 36.3 Å². The molecule has 5 rings (SSSR count). The summed E-state index contributed by atoms with van der Waals surface area (Å²) in [6.45, 7) is 4.82. The van der Waals surface area contributed by atoms with E-state index in [1.807, 2.05) is 60.1 Å². The van der Waals surface area contributed by atoms with Gasteiger partial charge in [-0.15, -0.1) is 11.3 Å². The Hall–Kier alpha value is -3.91. The van der Waals surface area contributed by atoms with Crippen molar-refractivity contribution < 1.29 is 19.7 Å². The van der Waals surface area contributed by atoms with Gasteiger partial charge in [0, 0.05) is 39.7 Å². The summed E-state index contributed by atoms with van der Waals surface area (Å²) in [5, 5.41) is 26.7. The molecule has 5 aromatic rings. The number of ether oxygens (including phenoxy) is 1. The minimum absolute atomic E-state index is 0.192. The van der Waals surface area contributed by atoms with Gasteiger partial charge < -0.3 is 25.3 Å². The first-order valence-electron chi connectivity index (χ1n) is 12.9. The SMILES string of the molecule is CC(C)(Cc1c[nH]c2c(-c3cccc(C(=O)O)c3)cccc12)NC[C@H](O)COc1ccccc1-c1cccs1. The number of nitrogens with one attached hydrogen (secondary N) is 2. The predicted octanol–water partition coefficient (Wildman–Crippen LogP) is 6.61. The third-order valence-corrected chi connectivity index (χ3v) is 7.68. The average Bonchev–Trinajstić information content (AvgIpc) is 3.62. The van der Waals surface area contributed by atoms with E-state index in [1.54, 1.807) is 29.5 Å². The number of aliphatic hydroxyl groups excluding tert-OH is 1. The Morgan fingerprint density at radius 3 is 2.62 bits per heavy atom. The number of aliphatic hydroxyl groups is 1. The van der Waals surface area contributed by atoms with Crippen LogP contribution < -0.4 is 10.1 Å². The van der Waals surface area contributed by atoms with Gasteiger partial charge in [-0.2, -0.15) is 0 Å². The molecule has 0 radical (unpaired) electrons. The molecule has 1 atom stereocenters. The summed E-state index contributed by atoms with van der Waals surface area (Å²) in [4.78, 5) is 16.0. The lowest BCUT2D eigenvalue weighted by atomic mass is 9.93. The zero-order valence-electron chi connectivity index (χ0n) is 22.0. The van der Waals surface area contributed by atoms with Gasteiger partial charge >= 0.3 is 5.97 Å². The smallest absolute Gasteiger partial charge is 0.335 e. The van der Waals surface area contributed by atoms with Crippen LogP contribution in [0, 0.1) is 0 Å². The maximum atomic E-state index is 11.5. The summed E-state index contributed by atoms with van der Waals surface area (Å²) < 4.78 is 6.00. The first kappa shape index (κ1) is 26.7. The number of aromatic nitrogens is 1. The van der Waals surface area contributed by atoms with E-state index in [-0.39, 0.29) is 17.7 Å². The van der Waals surface area contributed by atoms with Crippen molar-refractivity contribution in [2.24, 2.45) is 0 Å². The van der Waals surface area contributed by atoms with Gasteiger partial charge in [0.25, 0.3) is 0 Å². The van der Waals surface area contributed by atoms with Gasteiger partial charge in [-0.25, -0.2) is 4.79 Å².